The second kappa shape index (κ2) is 7.78. The Morgan fingerprint density at radius 2 is 1.81 bits per heavy atom. The van der Waals surface area contributed by atoms with E-state index in [9.17, 15) is 18.0 Å². The molecule has 1 N–H and O–H groups in total. The third-order valence-corrected chi connectivity index (χ3v) is 3.83. The molecule has 0 unspecified atom stereocenters. The highest BCUT2D eigenvalue weighted by molar-refractivity contribution is 5.92. The molecule has 0 heterocycles. The maximum Gasteiger partial charge on any atom is 0.418 e. The molecular formula is C19H18F3NO3. The van der Waals surface area contributed by atoms with Gasteiger partial charge in [-0.15, -0.1) is 0 Å². The van der Waals surface area contributed by atoms with E-state index in [4.69, 9.17) is 9.47 Å². The van der Waals surface area contributed by atoms with Crippen LogP contribution in [0.25, 0.3) is 0 Å². The minimum absolute atomic E-state index is 0.0338. The summed E-state index contributed by atoms with van der Waals surface area (Å²) in [6.45, 7) is 0.194. The molecule has 0 radical (unpaired) electrons. The van der Waals surface area contributed by atoms with Gasteiger partial charge in [0.25, 0.3) is 0 Å². The SMILES string of the molecule is O=C(COCC1CC1)Nc1ccc(Oc2ccccc2)cc1C(F)(F)F. The maximum absolute atomic E-state index is 13.3. The summed E-state index contributed by atoms with van der Waals surface area (Å²) in [4.78, 5) is 11.8. The number of halogens is 3. The molecule has 7 heteroatoms. The largest absolute Gasteiger partial charge is 0.457 e. The first kappa shape index (κ1) is 18.3. The number of anilines is 1. The zero-order chi connectivity index (χ0) is 18.6. The van der Waals surface area contributed by atoms with Crippen LogP contribution < -0.4 is 10.1 Å². The van der Waals surface area contributed by atoms with Crippen LogP contribution in [0, 0.1) is 5.92 Å². The molecule has 138 valence electrons. The Kier molecular flexibility index (Phi) is 5.46. The van der Waals surface area contributed by atoms with Crippen molar-refractivity contribution in [2.45, 2.75) is 19.0 Å². The van der Waals surface area contributed by atoms with Crippen LogP contribution in [0.5, 0.6) is 11.5 Å². The van der Waals surface area contributed by atoms with E-state index in [0.29, 0.717) is 18.3 Å². The fourth-order valence-corrected chi connectivity index (χ4v) is 2.34. The summed E-state index contributed by atoms with van der Waals surface area (Å²) >= 11 is 0. The van der Waals surface area contributed by atoms with Crippen molar-refractivity contribution in [2.24, 2.45) is 5.92 Å². The van der Waals surface area contributed by atoms with Gasteiger partial charge in [-0.1, -0.05) is 18.2 Å². The molecule has 0 aromatic heterocycles. The van der Waals surface area contributed by atoms with Gasteiger partial charge in [-0.25, -0.2) is 0 Å². The number of carbonyl (C=O) groups is 1. The van der Waals surface area contributed by atoms with Gasteiger partial charge in [-0.3, -0.25) is 4.79 Å². The standard InChI is InChI=1S/C19H18F3NO3/c20-19(21,22)16-10-15(26-14-4-2-1-3-5-14)8-9-17(16)23-18(24)12-25-11-13-6-7-13/h1-5,8-10,13H,6-7,11-12H2,(H,23,24). The Morgan fingerprint density at radius 1 is 1.08 bits per heavy atom. The molecule has 2 aromatic rings. The lowest BCUT2D eigenvalue weighted by molar-refractivity contribution is -0.137. The van der Waals surface area contributed by atoms with Crippen LogP contribution in [0.1, 0.15) is 18.4 Å². The molecule has 1 aliphatic rings. The first-order valence-electron chi connectivity index (χ1n) is 8.23. The lowest BCUT2D eigenvalue weighted by Gasteiger charge is -2.16. The number of nitrogens with one attached hydrogen (secondary N) is 1. The van der Waals surface area contributed by atoms with E-state index in [1.165, 1.54) is 12.1 Å². The van der Waals surface area contributed by atoms with Crippen LogP contribution in [0.4, 0.5) is 18.9 Å². The van der Waals surface area contributed by atoms with Crippen molar-refractivity contribution in [3.05, 3.63) is 54.1 Å². The van der Waals surface area contributed by atoms with Gasteiger partial charge in [0.05, 0.1) is 17.9 Å². The third kappa shape index (κ3) is 5.23. The van der Waals surface area contributed by atoms with Gasteiger partial charge >= 0.3 is 6.18 Å². The van der Waals surface area contributed by atoms with Crippen molar-refractivity contribution in [2.75, 3.05) is 18.5 Å². The molecule has 1 aliphatic carbocycles. The van der Waals surface area contributed by atoms with Crippen LogP contribution in [0.3, 0.4) is 0 Å². The number of hydrogen-bond donors (Lipinski definition) is 1. The molecule has 0 saturated heterocycles. The Bertz CT molecular complexity index is 758. The molecule has 3 rings (SSSR count). The van der Waals surface area contributed by atoms with Crippen LogP contribution >= 0.6 is 0 Å². The van der Waals surface area contributed by atoms with E-state index in [0.717, 1.165) is 18.9 Å². The third-order valence-electron chi connectivity index (χ3n) is 3.83. The van der Waals surface area contributed by atoms with Gasteiger partial charge in [-0.2, -0.15) is 13.2 Å². The minimum atomic E-state index is -4.63. The van der Waals surface area contributed by atoms with Crippen molar-refractivity contribution < 1.29 is 27.4 Å². The number of rotatable bonds is 7. The molecule has 0 atom stereocenters. The molecule has 1 fully saturated rings. The average molecular weight is 365 g/mol. The van der Waals surface area contributed by atoms with Crippen molar-refractivity contribution >= 4 is 11.6 Å². The number of para-hydroxylation sites is 1. The predicted molar refractivity (Wildman–Crippen MR) is 90.1 cm³/mol. The molecule has 1 saturated carbocycles. The summed E-state index contributed by atoms with van der Waals surface area (Å²) in [5, 5.41) is 2.26. The van der Waals surface area contributed by atoms with Crippen molar-refractivity contribution in [3.8, 4) is 11.5 Å². The summed E-state index contributed by atoms with van der Waals surface area (Å²) in [7, 11) is 0. The Hall–Kier alpha value is -2.54. The zero-order valence-electron chi connectivity index (χ0n) is 13.9. The quantitative estimate of drug-likeness (QED) is 0.762. The van der Waals surface area contributed by atoms with Gasteiger partial charge in [0.2, 0.25) is 5.91 Å². The smallest absolute Gasteiger partial charge is 0.418 e. The van der Waals surface area contributed by atoms with Gasteiger partial charge < -0.3 is 14.8 Å². The summed E-state index contributed by atoms with van der Waals surface area (Å²) in [5.41, 5.74) is -1.29. The monoisotopic (exact) mass is 365 g/mol. The van der Waals surface area contributed by atoms with Crippen LogP contribution in [-0.4, -0.2) is 19.1 Å². The predicted octanol–water partition coefficient (Wildman–Crippen LogP) is 4.86. The minimum Gasteiger partial charge on any atom is -0.457 e. The highest BCUT2D eigenvalue weighted by atomic mass is 19.4. The number of ether oxygens (including phenoxy) is 2. The van der Waals surface area contributed by atoms with Gasteiger partial charge in [0, 0.05) is 0 Å². The topological polar surface area (TPSA) is 47.6 Å². The number of benzene rings is 2. The Balaban J connectivity index is 1.70. The molecule has 0 bridgehead atoms. The average Bonchev–Trinajstić information content (AvgIpc) is 3.40. The van der Waals surface area contributed by atoms with E-state index in [1.54, 1.807) is 30.3 Å². The number of amides is 1. The van der Waals surface area contributed by atoms with E-state index in [-0.39, 0.29) is 18.0 Å². The fourth-order valence-electron chi connectivity index (χ4n) is 2.34. The van der Waals surface area contributed by atoms with Crippen LogP contribution in [-0.2, 0) is 15.7 Å². The molecule has 1 amide bonds. The van der Waals surface area contributed by atoms with E-state index < -0.39 is 17.6 Å². The molecule has 2 aromatic carbocycles. The normalized spacial score (nSPS) is 14.1. The molecule has 4 nitrogen and oxygen atoms in total. The maximum atomic E-state index is 13.3. The lowest BCUT2D eigenvalue weighted by Crippen LogP contribution is -2.21. The second-order valence-electron chi connectivity index (χ2n) is 6.13. The molecular weight excluding hydrogens is 347 g/mol. The first-order valence-corrected chi connectivity index (χ1v) is 8.23. The van der Waals surface area contributed by atoms with Crippen LogP contribution in [0.2, 0.25) is 0 Å². The van der Waals surface area contributed by atoms with E-state index in [1.807, 2.05) is 0 Å². The summed E-state index contributed by atoms with van der Waals surface area (Å²) < 4.78 is 50.7. The lowest BCUT2D eigenvalue weighted by atomic mass is 10.1. The highest BCUT2D eigenvalue weighted by Crippen LogP contribution is 2.38. The molecule has 0 aliphatic heterocycles. The molecule has 26 heavy (non-hydrogen) atoms. The zero-order valence-corrected chi connectivity index (χ0v) is 13.9. The Morgan fingerprint density at radius 3 is 2.46 bits per heavy atom. The fraction of sp³-hybridized carbons (Fsp3) is 0.316. The second-order valence-corrected chi connectivity index (χ2v) is 6.13. The van der Waals surface area contributed by atoms with Crippen molar-refractivity contribution in [1.82, 2.24) is 0 Å². The van der Waals surface area contributed by atoms with Crippen molar-refractivity contribution in [1.29, 1.82) is 0 Å². The number of alkyl halides is 3. The summed E-state index contributed by atoms with van der Waals surface area (Å²) in [6, 6.07) is 11.9. The molecule has 0 spiro atoms. The number of carbonyl (C=O) groups excluding carboxylic acids is 1. The van der Waals surface area contributed by atoms with Crippen LogP contribution in [0.15, 0.2) is 48.5 Å². The Labute approximate surface area is 148 Å². The summed E-state index contributed by atoms with van der Waals surface area (Å²) in [6.07, 6.45) is -2.49. The first-order chi connectivity index (χ1) is 12.4. The van der Waals surface area contributed by atoms with E-state index in [2.05, 4.69) is 5.32 Å². The van der Waals surface area contributed by atoms with Crippen molar-refractivity contribution in [3.63, 3.8) is 0 Å². The number of hydrogen-bond acceptors (Lipinski definition) is 3. The van der Waals surface area contributed by atoms with Gasteiger partial charge in [-0.05, 0) is 49.1 Å². The van der Waals surface area contributed by atoms with Gasteiger partial charge in [0.15, 0.2) is 0 Å². The summed E-state index contributed by atoms with van der Waals surface area (Å²) in [5.74, 6) is 0.313. The highest BCUT2D eigenvalue weighted by Gasteiger charge is 2.34. The van der Waals surface area contributed by atoms with E-state index >= 15 is 0 Å². The van der Waals surface area contributed by atoms with Gasteiger partial charge in [0.1, 0.15) is 18.1 Å².